The second-order valence-corrected chi connectivity index (χ2v) is 6.07. The van der Waals surface area contributed by atoms with Crippen molar-refractivity contribution < 1.29 is 14.3 Å². The van der Waals surface area contributed by atoms with Crippen molar-refractivity contribution in [1.29, 1.82) is 0 Å². The van der Waals surface area contributed by atoms with E-state index in [4.69, 9.17) is 9.15 Å². The first-order chi connectivity index (χ1) is 10.2. The van der Waals surface area contributed by atoms with Crippen molar-refractivity contribution in [3.63, 3.8) is 0 Å². The van der Waals surface area contributed by atoms with Crippen LogP contribution < -0.4 is 4.74 Å². The summed E-state index contributed by atoms with van der Waals surface area (Å²) in [4.78, 5) is 2.23. The highest BCUT2D eigenvalue weighted by Gasteiger charge is 2.26. The van der Waals surface area contributed by atoms with Gasteiger partial charge in [-0.1, -0.05) is 6.42 Å². The molecular weight excluding hydrogens is 266 g/mol. The van der Waals surface area contributed by atoms with Gasteiger partial charge < -0.3 is 14.3 Å². The molecule has 1 saturated carbocycles. The van der Waals surface area contributed by atoms with E-state index < -0.39 is 0 Å². The van der Waals surface area contributed by atoms with Crippen molar-refractivity contribution in [3.05, 3.63) is 30.0 Å². The first kappa shape index (κ1) is 14.4. The van der Waals surface area contributed by atoms with E-state index >= 15 is 0 Å². The fourth-order valence-electron chi connectivity index (χ4n) is 3.24. The number of aliphatic hydroxyl groups is 1. The Bertz CT molecular complexity index is 607. The predicted octanol–water partition coefficient (Wildman–Crippen LogP) is 3.03. The van der Waals surface area contributed by atoms with Gasteiger partial charge in [-0.3, -0.25) is 4.90 Å². The molecule has 114 valence electrons. The van der Waals surface area contributed by atoms with Gasteiger partial charge in [-0.2, -0.15) is 0 Å². The van der Waals surface area contributed by atoms with Gasteiger partial charge in [0.15, 0.2) is 0 Å². The van der Waals surface area contributed by atoms with Crippen LogP contribution in [0, 0.1) is 5.92 Å². The molecule has 0 radical (unpaired) electrons. The normalized spacial score (nSPS) is 22.3. The van der Waals surface area contributed by atoms with Crippen LogP contribution in [-0.2, 0) is 6.54 Å². The molecule has 0 bridgehead atoms. The van der Waals surface area contributed by atoms with E-state index in [1.165, 1.54) is 0 Å². The van der Waals surface area contributed by atoms with E-state index in [2.05, 4.69) is 18.0 Å². The average molecular weight is 289 g/mol. The Kier molecular flexibility index (Phi) is 4.17. The molecule has 2 aromatic rings. The van der Waals surface area contributed by atoms with E-state index in [1.807, 2.05) is 18.2 Å². The molecule has 21 heavy (non-hydrogen) atoms. The molecule has 0 amide bonds. The van der Waals surface area contributed by atoms with Crippen LogP contribution in [0.1, 0.15) is 25.0 Å². The van der Waals surface area contributed by atoms with E-state index in [-0.39, 0.29) is 6.10 Å². The first-order valence-corrected chi connectivity index (χ1v) is 7.59. The third-order valence-electron chi connectivity index (χ3n) is 4.37. The van der Waals surface area contributed by atoms with Crippen LogP contribution in [0.3, 0.4) is 0 Å². The fraction of sp³-hybridized carbons (Fsp3) is 0.529. The van der Waals surface area contributed by atoms with Crippen molar-refractivity contribution in [2.75, 3.05) is 20.7 Å². The van der Waals surface area contributed by atoms with Gasteiger partial charge in [0.25, 0.3) is 0 Å². The number of benzene rings is 1. The Hall–Kier alpha value is -1.52. The molecule has 0 spiro atoms. The zero-order valence-electron chi connectivity index (χ0n) is 12.7. The van der Waals surface area contributed by atoms with Gasteiger partial charge in [0.1, 0.15) is 17.1 Å². The van der Waals surface area contributed by atoms with Crippen LogP contribution in [-0.4, -0.2) is 36.8 Å². The molecule has 1 N–H and O–H groups in total. The van der Waals surface area contributed by atoms with Crippen molar-refractivity contribution in [1.82, 2.24) is 4.90 Å². The Morgan fingerprint density at radius 2 is 2.19 bits per heavy atom. The van der Waals surface area contributed by atoms with Gasteiger partial charge in [0, 0.05) is 11.9 Å². The largest absolute Gasteiger partial charge is 0.497 e. The number of hydrogen-bond acceptors (Lipinski definition) is 4. The monoisotopic (exact) mass is 289 g/mol. The van der Waals surface area contributed by atoms with Crippen molar-refractivity contribution in [3.8, 4) is 5.75 Å². The SMILES string of the molecule is COc1ccc2oc(CN(C)CC3CCCC3O)cc2c1. The zero-order valence-corrected chi connectivity index (χ0v) is 12.7. The quantitative estimate of drug-likeness (QED) is 0.919. The van der Waals surface area contributed by atoms with Crippen molar-refractivity contribution in [2.24, 2.45) is 5.92 Å². The fourth-order valence-corrected chi connectivity index (χ4v) is 3.24. The highest BCUT2D eigenvalue weighted by molar-refractivity contribution is 5.79. The number of methoxy groups -OCH3 is 1. The lowest BCUT2D eigenvalue weighted by Crippen LogP contribution is -2.29. The van der Waals surface area contributed by atoms with E-state index in [1.54, 1.807) is 7.11 Å². The molecular formula is C17H23NO3. The summed E-state index contributed by atoms with van der Waals surface area (Å²) < 4.78 is 11.1. The minimum absolute atomic E-state index is 0.132. The summed E-state index contributed by atoms with van der Waals surface area (Å²) in [6, 6.07) is 7.91. The topological polar surface area (TPSA) is 45.8 Å². The van der Waals surface area contributed by atoms with Crippen LogP contribution >= 0.6 is 0 Å². The van der Waals surface area contributed by atoms with E-state index in [0.717, 1.165) is 54.8 Å². The van der Waals surface area contributed by atoms with Crippen molar-refractivity contribution >= 4 is 11.0 Å². The number of furan rings is 1. The molecule has 2 atom stereocenters. The number of aliphatic hydroxyl groups excluding tert-OH is 1. The Labute approximate surface area is 125 Å². The summed E-state index contributed by atoms with van der Waals surface area (Å²) in [6.07, 6.45) is 3.09. The molecule has 1 heterocycles. The zero-order chi connectivity index (χ0) is 14.8. The van der Waals surface area contributed by atoms with Crippen LogP contribution in [0.4, 0.5) is 0 Å². The second-order valence-electron chi connectivity index (χ2n) is 6.07. The van der Waals surface area contributed by atoms with Crippen LogP contribution in [0.2, 0.25) is 0 Å². The van der Waals surface area contributed by atoms with E-state index in [9.17, 15) is 5.11 Å². The van der Waals surface area contributed by atoms with Gasteiger partial charge in [-0.25, -0.2) is 0 Å². The summed E-state index contributed by atoms with van der Waals surface area (Å²) in [7, 11) is 3.75. The van der Waals surface area contributed by atoms with Crippen LogP contribution in [0.5, 0.6) is 5.75 Å². The van der Waals surface area contributed by atoms with Crippen LogP contribution in [0.15, 0.2) is 28.7 Å². The summed E-state index contributed by atoms with van der Waals surface area (Å²) in [5, 5.41) is 11.0. The molecule has 1 aromatic heterocycles. The Morgan fingerprint density at radius 3 is 2.90 bits per heavy atom. The average Bonchev–Trinajstić information content (AvgIpc) is 3.04. The molecule has 0 aliphatic heterocycles. The number of rotatable bonds is 5. The van der Waals surface area contributed by atoms with Gasteiger partial charge >= 0.3 is 0 Å². The number of fused-ring (bicyclic) bond motifs is 1. The Morgan fingerprint density at radius 1 is 1.33 bits per heavy atom. The standard InChI is InChI=1S/C17H23NO3/c1-18(10-12-4-3-5-16(12)19)11-15-9-13-8-14(20-2)6-7-17(13)21-15/h6-9,12,16,19H,3-5,10-11H2,1-2H3. The maximum atomic E-state index is 9.91. The third-order valence-corrected chi connectivity index (χ3v) is 4.37. The highest BCUT2D eigenvalue weighted by Crippen LogP contribution is 2.28. The molecule has 4 nitrogen and oxygen atoms in total. The molecule has 2 unspecified atom stereocenters. The second kappa shape index (κ2) is 6.08. The Balaban J connectivity index is 1.66. The number of ether oxygens (including phenoxy) is 1. The smallest absolute Gasteiger partial charge is 0.134 e. The van der Waals surface area contributed by atoms with Gasteiger partial charge in [-0.05, 0) is 50.1 Å². The van der Waals surface area contributed by atoms with E-state index in [0.29, 0.717) is 5.92 Å². The van der Waals surface area contributed by atoms with Gasteiger partial charge in [0.05, 0.1) is 19.8 Å². The summed E-state index contributed by atoms with van der Waals surface area (Å²) in [5.41, 5.74) is 0.889. The highest BCUT2D eigenvalue weighted by atomic mass is 16.5. The summed E-state index contributed by atoms with van der Waals surface area (Å²) >= 11 is 0. The lowest BCUT2D eigenvalue weighted by Gasteiger charge is -2.22. The van der Waals surface area contributed by atoms with Gasteiger partial charge in [-0.15, -0.1) is 0 Å². The molecule has 1 aliphatic carbocycles. The number of hydrogen-bond donors (Lipinski definition) is 1. The lowest BCUT2D eigenvalue weighted by molar-refractivity contribution is 0.106. The first-order valence-electron chi connectivity index (χ1n) is 7.59. The minimum Gasteiger partial charge on any atom is -0.497 e. The van der Waals surface area contributed by atoms with Crippen molar-refractivity contribution in [2.45, 2.75) is 31.9 Å². The molecule has 1 aliphatic rings. The van der Waals surface area contributed by atoms with Crippen LogP contribution in [0.25, 0.3) is 11.0 Å². The molecule has 1 aromatic carbocycles. The molecule has 4 heteroatoms. The molecule has 0 saturated heterocycles. The molecule has 1 fully saturated rings. The minimum atomic E-state index is -0.132. The summed E-state index contributed by atoms with van der Waals surface area (Å²) in [6.45, 7) is 1.68. The predicted molar refractivity (Wildman–Crippen MR) is 82.4 cm³/mol. The number of nitrogens with zero attached hydrogens (tertiary/aromatic N) is 1. The third kappa shape index (κ3) is 3.22. The lowest BCUT2D eigenvalue weighted by atomic mass is 10.1. The van der Waals surface area contributed by atoms with Gasteiger partial charge in [0.2, 0.25) is 0 Å². The maximum Gasteiger partial charge on any atom is 0.134 e. The molecule has 3 rings (SSSR count). The summed E-state index contributed by atoms with van der Waals surface area (Å²) in [5.74, 6) is 2.20. The maximum absolute atomic E-state index is 9.91.